The summed E-state index contributed by atoms with van der Waals surface area (Å²) in [5, 5.41) is 8.78. The Labute approximate surface area is 299 Å². The molecule has 12 heteroatoms. The topological polar surface area (TPSA) is 132 Å². The number of fused-ring (bicyclic) bond motifs is 1. The number of amides is 1. The number of carbonyl (C=O) groups is 1. The Bertz CT molecular complexity index is 1280. The molecule has 0 bridgehead atoms. The number of pyridine rings is 1. The van der Waals surface area contributed by atoms with Gasteiger partial charge in [-0.2, -0.15) is 13.5 Å². The number of rotatable bonds is 19. The number of nitrogens with two attached hydrogens (primary N) is 1. The lowest BCUT2D eigenvalue weighted by molar-refractivity contribution is -0.135. The molecule has 11 nitrogen and oxygen atoms in total. The van der Waals surface area contributed by atoms with Gasteiger partial charge in [-0.3, -0.25) is 4.79 Å². The number of aliphatic hydroxyl groups is 1. The summed E-state index contributed by atoms with van der Waals surface area (Å²) in [4.78, 5) is 27.6. The molecule has 5 rings (SSSR count). The quantitative estimate of drug-likeness (QED) is 0.178. The lowest BCUT2D eigenvalue weighted by Gasteiger charge is -2.41. The van der Waals surface area contributed by atoms with E-state index in [2.05, 4.69) is 14.8 Å². The van der Waals surface area contributed by atoms with Gasteiger partial charge in [0.15, 0.2) is 5.96 Å². The van der Waals surface area contributed by atoms with Crippen molar-refractivity contribution < 1.29 is 28.8 Å². The number of hydrogen-bond donors (Lipinski definition) is 2. The number of ether oxygens (including phenoxy) is 4. The molecule has 1 amide bonds. The molecular formula is C37H57N5O6S. The zero-order chi connectivity index (χ0) is 33.4. The molecular weight excluding hydrogens is 643 g/mol. The molecule has 1 aromatic heterocycles. The molecule has 49 heavy (non-hydrogen) atoms. The molecule has 0 spiro atoms. The molecule has 3 aliphatic rings. The second kappa shape index (κ2) is 21.3. The summed E-state index contributed by atoms with van der Waals surface area (Å²) in [6, 6.07) is 12.0. The minimum atomic E-state index is 0. The Morgan fingerprint density at radius 1 is 0.918 bits per heavy atom. The smallest absolute Gasteiger partial charge is 0.222 e. The summed E-state index contributed by atoms with van der Waals surface area (Å²) >= 11 is 0. The van der Waals surface area contributed by atoms with Crippen molar-refractivity contribution in [2.75, 3.05) is 52.8 Å². The first-order valence-electron chi connectivity index (χ1n) is 18.1. The van der Waals surface area contributed by atoms with Gasteiger partial charge in [0, 0.05) is 43.2 Å². The van der Waals surface area contributed by atoms with E-state index in [0.717, 1.165) is 61.9 Å². The normalized spacial score (nSPS) is 17.5. The van der Waals surface area contributed by atoms with Crippen LogP contribution in [0.15, 0.2) is 47.6 Å². The maximum Gasteiger partial charge on any atom is 0.222 e. The van der Waals surface area contributed by atoms with Crippen LogP contribution in [0.3, 0.4) is 0 Å². The SMILES string of the molecule is NC1=Nc2cnc(Oc3ccccc3)cc2CN1[C@@H](CCC(=O)N(CCOCCOCCOCCO)C1CCCCC1)C1CCCCC1.S. The summed E-state index contributed by atoms with van der Waals surface area (Å²) in [5.74, 6) is 2.44. The highest BCUT2D eigenvalue weighted by atomic mass is 32.1. The summed E-state index contributed by atoms with van der Waals surface area (Å²) in [7, 11) is 0. The number of guanidine groups is 1. The fourth-order valence-corrected chi connectivity index (χ4v) is 7.35. The monoisotopic (exact) mass is 699 g/mol. The fraction of sp³-hybridized carbons (Fsp3) is 0.649. The number of hydrogen-bond acceptors (Lipinski definition) is 10. The number of carbonyl (C=O) groups excluding carboxylic acids is 1. The molecule has 0 unspecified atom stereocenters. The van der Waals surface area contributed by atoms with Crippen molar-refractivity contribution >= 4 is 31.0 Å². The average molecular weight is 700 g/mol. The highest BCUT2D eigenvalue weighted by Crippen LogP contribution is 2.36. The third-order valence-corrected chi connectivity index (χ3v) is 9.82. The van der Waals surface area contributed by atoms with Gasteiger partial charge in [0.05, 0.1) is 58.1 Å². The molecule has 2 fully saturated rings. The number of aliphatic hydroxyl groups excluding tert-OH is 1. The molecule has 1 aliphatic heterocycles. The fourth-order valence-electron chi connectivity index (χ4n) is 7.35. The molecule has 2 saturated carbocycles. The van der Waals surface area contributed by atoms with Gasteiger partial charge in [0.1, 0.15) is 5.75 Å². The molecule has 3 N–H and O–H groups in total. The van der Waals surface area contributed by atoms with Gasteiger partial charge in [-0.25, -0.2) is 9.98 Å². The number of benzene rings is 1. The summed E-state index contributed by atoms with van der Waals surface area (Å²) in [6.45, 7) is 3.90. The average Bonchev–Trinajstić information content (AvgIpc) is 3.12. The summed E-state index contributed by atoms with van der Waals surface area (Å²) in [6.07, 6.45) is 14.6. The van der Waals surface area contributed by atoms with Crippen molar-refractivity contribution in [1.82, 2.24) is 14.8 Å². The molecule has 2 aromatic rings. The first-order valence-corrected chi connectivity index (χ1v) is 18.1. The van der Waals surface area contributed by atoms with Gasteiger partial charge in [0.25, 0.3) is 0 Å². The Morgan fingerprint density at radius 2 is 1.57 bits per heavy atom. The van der Waals surface area contributed by atoms with Crippen molar-refractivity contribution in [2.24, 2.45) is 16.6 Å². The minimum absolute atomic E-state index is 0. The standard InChI is InChI=1S/C37H55N5O6.H2S/c38-37-40-33-27-39-35(48-32-14-8-3-9-15-32)26-30(33)28-42(37)34(29-10-4-1-5-11-29)16-17-36(44)41(31-12-6-2-7-13-31)18-20-45-22-24-47-25-23-46-21-19-43;/h3,8-9,14-15,26-27,29,31,34,43H,1-2,4-7,10-13,16-25,28H2,(H2,38,40);1H2/t34-;/m0./s1. The van der Waals surface area contributed by atoms with E-state index in [1.54, 1.807) is 6.20 Å². The van der Waals surface area contributed by atoms with Crippen LogP contribution in [-0.4, -0.2) is 96.6 Å². The zero-order valence-corrected chi connectivity index (χ0v) is 30.0. The van der Waals surface area contributed by atoms with Crippen LogP contribution in [0, 0.1) is 5.92 Å². The molecule has 0 saturated heterocycles. The third kappa shape index (κ3) is 12.1. The van der Waals surface area contributed by atoms with Crippen molar-refractivity contribution in [1.29, 1.82) is 0 Å². The number of nitrogens with zero attached hydrogens (tertiary/aromatic N) is 4. The second-order valence-electron chi connectivity index (χ2n) is 13.1. The van der Waals surface area contributed by atoms with Gasteiger partial charge in [-0.15, -0.1) is 0 Å². The molecule has 0 radical (unpaired) electrons. The number of para-hydroxylation sites is 1. The lowest BCUT2D eigenvalue weighted by atomic mass is 9.81. The molecule has 2 aliphatic carbocycles. The van der Waals surface area contributed by atoms with Crippen molar-refractivity contribution in [3.63, 3.8) is 0 Å². The van der Waals surface area contributed by atoms with E-state index in [0.29, 0.717) is 76.9 Å². The summed E-state index contributed by atoms with van der Waals surface area (Å²) < 4.78 is 22.7. The van der Waals surface area contributed by atoms with Crippen LogP contribution in [-0.2, 0) is 25.5 Å². The molecule has 2 heterocycles. The van der Waals surface area contributed by atoms with E-state index in [1.165, 1.54) is 25.7 Å². The summed E-state index contributed by atoms with van der Waals surface area (Å²) in [5.41, 5.74) is 8.47. The lowest BCUT2D eigenvalue weighted by Crippen LogP contribution is -2.50. The minimum Gasteiger partial charge on any atom is -0.439 e. The van der Waals surface area contributed by atoms with Crippen LogP contribution in [0.2, 0.25) is 0 Å². The predicted octanol–water partition coefficient (Wildman–Crippen LogP) is 5.68. The van der Waals surface area contributed by atoms with Crippen molar-refractivity contribution in [3.05, 3.63) is 48.2 Å². The van der Waals surface area contributed by atoms with E-state index in [1.807, 2.05) is 36.4 Å². The third-order valence-electron chi connectivity index (χ3n) is 9.82. The van der Waals surface area contributed by atoms with Crippen molar-refractivity contribution in [3.8, 4) is 11.6 Å². The van der Waals surface area contributed by atoms with Gasteiger partial charge >= 0.3 is 0 Å². The Hall–Kier alpha value is -2.90. The molecule has 1 atom stereocenters. The van der Waals surface area contributed by atoms with E-state index >= 15 is 0 Å². The second-order valence-corrected chi connectivity index (χ2v) is 13.1. The molecule has 1 aromatic carbocycles. The number of aromatic nitrogens is 1. The van der Waals surface area contributed by atoms with E-state index in [9.17, 15) is 4.79 Å². The Balaban J connectivity index is 0.00000541. The highest BCUT2D eigenvalue weighted by Gasteiger charge is 2.34. The van der Waals surface area contributed by atoms with Gasteiger partial charge in [-0.1, -0.05) is 56.7 Å². The molecule has 272 valence electrons. The van der Waals surface area contributed by atoms with E-state index < -0.39 is 0 Å². The van der Waals surface area contributed by atoms with E-state index in [4.69, 9.17) is 34.8 Å². The van der Waals surface area contributed by atoms with Crippen molar-refractivity contribution in [2.45, 2.75) is 95.7 Å². The van der Waals surface area contributed by atoms with Crippen LogP contribution < -0.4 is 10.5 Å². The van der Waals surface area contributed by atoms with Gasteiger partial charge in [-0.05, 0) is 50.2 Å². The van der Waals surface area contributed by atoms with E-state index in [-0.39, 0.29) is 38.1 Å². The first kappa shape index (κ1) is 38.9. The van der Waals surface area contributed by atoms with Crippen LogP contribution in [0.25, 0.3) is 0 Å². The van der Waals surface area contributed by atoms with Crippen LogP contribution in [0.1, 0.15) is 82.6 Å². The Morgan fingerprint density at radius 3 is 2.27 bits per heavy atom. The van der Waals surface area contributed by atoms with Crippen LogP contribution >= 0.6 is 13.5 Å². The maximum absolute atomic E-state index is 14.0. The van der Waals surface area contributed by atoms with Crippen LogP contribution in [0.4, 0.5) is 5.69 Å². The van der Waals surface area contributed by atoms with Gasteiger partial charge < -0.3 is 39.6 Å². The maximum atomic E-state index is 14.0. The Kier molecular flexibility index (Phi) is 16.9. The van der Waals surface area contributed by atoms with Crippen LogP contribution in [0.5, 0.6) is 11.6 Å². The highest BCUT2D eigenvalue weighted by molar-refractivity contribution is 7.59. The first-order chi connectivity index (χ1) is 23.6. The largest absolute Gasteiger partial charge is 0.439 e. The predicted molar refractivity (Wildman–Crippen MR) is 196 cm³/mol. The number of aliphatic imine (C=N–C) groups is 1. The van der Waals surface area contributed by atoms with Gasteiger partial charge in [0.2, 0.25) is 11.8 Å². The zero-order valence-electron chi connectivity index (χ0n) is 29.0.